The summed E-state index contributed by atoms with van der Waals surface area (Å²) in [7, 11) is -3.81. The van der Waals surface area contributed by atoms with Gasteiger partial charge in [0.05, 0.1) is 11.3 Å². The van der Waals surface area contributed by atoms with Gasteiger partial charge in [-0.2, -0.15) is 0 Å². The van der Waals surface area contributed by atoms with Crippen molar-refractivity contribution in [1.29, 1.82) is 0 Å². The highest BCUT2D eigenvalue weighted by Gasteiger charge is 2.30. The number of urea groups is 1. The number of hydrogen-bond acceptors (Lipinski definition) is 5. The van der Waals surface area contributed by atoms with Crippen LogP contribution in [0.4, 0.5) is 14.9 Å². The summed E-state index contributed by atoms with van der Waals surface area (Å²) in [6.07, 6.45) is 4.40. The molecule has 0 saturated heterocycles. The van der Waals surface area contributed by atoms with Crippen molar-refractivity contribution in [3.05, 3.63) is 39.3 Å². The molecular weight excluding hydrogens is 427 g/mol. The Kier molecular flexibility index (Phi) is 5.24. The second-order valence-electron chi connectivity index (χ2n) is 8.46. The molecule has 2 heterocycles. The number of carbonyl (C=O) groups excluding carboxylic acids is 1. The zero-order valence-electron chi connectivity index (χ0n) is 17.1. The van der Waals surface area contributed by atoms with Crippen molar-refractivity contribution in [3.63, 3.8) is 0 Å². The lowest BCUT2D eigenvalue weighted by molar-refractivity contribution is 0.0823. The second kappa shape index (κ2) is 7.37. The van der Waals surface area contributed by atoms with E-state index in [0.717, 1.165) is 72.0 Å². The van der Waals surface area contributed by atoms with Gasteiger partial charge in [0, 0.05) is 16.3 Å². The van der Waals surface area contributed by atoms with Crippen LogP contribution in [0.3, 0.4) is 0 Å². The minimum atomic E-state index is -3.81. The summed E-state index contributed by atoms with van der Waals surface area (Å²) in [5, 5.41) is 18.6. The van der Waals surface area contributed by atoms with Crippen LogP contribution in [-0.2, 0) is 34.8 Å². The third-order valence-electron chi connectivity index (χ3n) is 5.63. The van der Waals surface area contributed by atoms with Gasteiger partial charge in [0.15, 0.2) is 19.9 Å². The molecule has 2 aromatic heterocycles. The largest absolute Gasteiger partial charge is 0.385 e. The summed E-state index contributed by atoms with van der Waals surface area (Å²) in [4.78, 5) is 17.7. The number of amides is 2. The fraction of sp³-hybridized carbons (Fsp3) is 0.500. The van der Waals surface area contributed by atoms with Crippen molar-refractivity contribution in [3.8, 4) is 0 Å². The number of pyridine rings is 1. The van der Waals surface area contributed by atoms with E-state index >= 15 is 0 Å². The maximum absolute atomic E-state index is 14.4. The summed E-state index contributed by atoms with van der Waals surface area (Å²) >= 11 is 0.753. The smallest absolute Gasteiger partial charge is 0.354 e. The summed E-state index contributed by atoms with van der Waals surface area (Å²) in [6, 6.07) is 0.200. The van der Waals surface area contributed by atoms with E-state index in [1.54, 1.807) is 0 Å². The normalized spacial score (nSPS) is 19.9. The van der Waals surface area contributed by atoms with Crippen LogP contribution in [0.25, 0.3) is 0 Å². The van der Waals surface area contributed by atoms with Crippen molar-refractivity contribution in [2.24, 2.45) is 9.50 Å². The highest BCUT2D eigenvalue weighted by molar-refractivity contribution is 7.93. The maximum atomic E-state index is 14.4. The molecule has 0 radical (unpaired) electrons. The Bertz CT molecular complexity index is 1160. The van der Waals surface area contributed by atoms with Gasteiger partial charge in [-0.15, -0.1) is 15.7 Å². The van der Waals surface area contributed by atoms with Crippen LogP contribution in [-0.4, -0.2) is 20.3 Å². The first-order valence-electron chi connectivity index (χ1n) is 9.90. The van der Waals surface area contributed by atoms with Crippen molar-refractivity contribution in [1.82, 2.24) is 4.98 Å². The number of aliphatic hydroxyl groups is 1. The molecule has 2 amide bonds. The number of anilines is 1. The topological polar surface area (TPSA) is 118 Å². The molecule has 2 atom stereocenters. The standard InChI is InChI=1S/C20H25FN4O3S2/c1-10-7-8-12-16(10)23-14-6-4-5-11(14)17(12)24-19(26)25-30(22,28)18-13(21)9-15(29-18)20(2,3)27/h9-10,27H,4-8H2,1-3H3,(H3,22,23,24,25,26,28)/t10?,30-/m0/s1. The Balaban J connectivity index is 1.69. The van der Waals surface area contributed by atoms with Crippen LogP contribution in [0.2, 0.25) is 0 Å². The first kappa shape index (κ1) is 21.4. The Labute approximate surface area is 179 Å². The first-order chi connectivity index (χ1) is 14.0. The zero-order valence-corrected chi connectivity index (χ0v) is 18.8. The SMILES string of the molecule is CC1CCc2c1nc1c(c2NC(=O)N=[S@](N)(=O)c2sc(C(C)(C)O)cc2F)CCC1. The van der Waals surface area contributed by atoms with E-state index in [1.807, 2.05) is 0 Å². The molecule has 0 saturated carbocycles. The van der Waals surface area contributed by atoms with Crippen LogP contribution >= 0.6 is 11.3 Å². The summed E-state index contributed by atoms with van der Waals surface area (Å²) in [5.41, 5.74) is 3.37. The van der Waals surface area contributed by atoms with E-state index in [0.29, 0.717) is 11.6 Å². The quantitative estimate of drug-likeness (QED) is 0.653. The summed E-state index contributed by atoms with van der Waals surface area (Å²) < 4.78 is 30.5. The molecule has 7 nitrogen and oxygen atoms in total. The molecule has 0 aromatic carbocycles. The highest BCUT2D eigenvalue weighted by atomic mass is 32.2. The Morgan fingerprint density at radius 2 is 2.13 bits per heavy atom. The number of nitrogens with zero attached hydrogens (tertiary/aromatic N) is 2. The van der Waals surface area contributed by atoms with E-state index in [2.05, 4.69) is 16.6 Å². The van der Waals surface area contributed by atoms with Crippen molar-refractivity contribution >= 4 is 33.0 Å². The van der Waals surface area contributed by atoms with Crippen LogP contribution in [0.1, 0.15) is 66.9 Å². The third-order valence-corrected chi connectivity index (χ3v) is 8.97. The fourth-order valence-electron chi connectivity index (χ4n) is 4.10. The van der Waals surface area contributed by atoms with Gasteiger partial charge in [0.2, 0.25) is 0 Å². The molecule has 0 fully saturated rings. The Morgan fingerprint density at radius 3 is 2.80 bits per heavy atom. The number of thiophene rings is 1. The van der Waals surface area contributed by atoms with Crippen LogP contribution in [0, 0.1) is 5.82 Å². The number of hydrogen-bond donors (Lipinski definition) is 3. The average molecular weight is 453 g/mol. The molecule has 0 aliphatic heterocycles. The highest BCUT2D eigenvalue weighted by Crippen LogP contribution is 2.41. The fourth-order valence-corrected chi connectivity index (χ4v) is 6.44. The molecule has 0 spiro atoms. The summed E-state index contributed by atoms with van der Waals surface area (Å²) in [6.45, 7) is 5.08. The van der Waals surface area contributed by atoms with E-state index in [9.17, 15) is 18.5 Å². The molecule has 1 unspecified atom stereocenters. The van der Waals surface area contributed by atoms with Gasteiger partial charge in [0.1, 0.15) is 0 Å². The zero-order chi connectivity index (χ0) is 21.8. The molecule has 4 rings (SSSR count). The van der Waals surface area contributed by atoms with Gasteiger partial charge in [-0.25, -0.2) is 18.5 Å². The predicted octanol–water partition coefficient (Wildman–Crippen LogP) is 3.98. The number of nitrogens with two attached hydrogens (primary N) is 1. The molecule has 162 valence electrons. The average Bonchev–Trinajstić information content (AvgIpc) is 3.33. The van der Waals surface area contributed by atoms with Gasteiger partial charge in [0.25, 0.3) is 0 Å². The molecule has 2 aromatic rings. The van der Waals surface area contributed by atoms with Gasteiger partial charge >= 0.3 is 6.03 Å². The van der Waals surface area contributed by atoms with E-state index < -0.39 is 27.4 Å². The minimum Gasteiger partial charge on any atom is -0.385 e. The van der Waals surface area contributed by atoms with Crippen molar-refractivity contribution < 1.29 is 18.5 Å². The van der Waals surface area contributed by atoms with Crippen molar-refractivity contribution in [2.45, 2.75) is 68.6 Å². The molecule has 2 aliphatic carbocycles. The van der Waals surface area contributed by atoms with Crippen LogP contribution in [0.5, 0.6) is 0 Å². The van der Waals surface area contributed by atoms with Crippen molar-refractivity contribution in [2.75, 3.05) is 5.32 Å². The third kappa shape index (κ3) is 3.77. The monoisotopic (exact) mass is 452 g/mol. The number of carbonyl (C=O) groups is 1. The molecule has 4 N–H and O–H groups in total. The lowest BCUT2D eigenvalue weighted by atomic mass is 10.0. The van der Waals surface area contributed by atoms with E-state index in [-0.39, 0.29) is 9.09 Å². The van der Waals surface area contributed by atoms with Gasteiger partial charge in [-0.1, -0.05) is 6.92 Å². The Hall–Kier alpha value is -1.88. The molecule has 2 aliphatic rings. The predicted molar refractivity (Wildman–Crippen MR) is 115 cm³/mol. The van der Waals surface area contributed by atoms with Crippen LogP contribution in [0.15, 0.2) is 14.6 Å². The lowest BCUT2D eigenvalue weighted by Crippen LogP contribution is -2.19. The number of halogens is 1. The second-order valence-corrected chi connectivity index (χ2v) is 11.5. The number of fused-ring (bicyclic) bond motifs is 2. The maximum Gasteiger partial charge on any atom is 0.354 e. The molecular formula is C20H25FN4O3S2. The van der Waals surface area contributed by atoms with Crippen LogP contribution < -0.4 is 10.5 Å². The number of nitrogens with one attached hydrogen (secondary N) is 1. The van der Waals surface area contributed by atoms with Gasteiger partial charge in [-0.05, 0) is 69.1 Å². The van der Waals surface area contributed by atoms with E-state index in [4.69, 9.17) is 10.1 Å². The molecule has 30 heavy (non-hydrogen) atoms. The molecule has 0 bridgehead atoms. The Morgan fingerprint density at radius 1 is 1.40 bits per heavy atom. The lowest BCUT2D eigenvalue weighted by Gasteiger charge is -2.15. The van der Waals surface area contributed by atoms with E-state index in [1.165, 1.54) is 13.8 Å². The number of aromatic nitrogens is 1. The molecule has 10 heteroatoms. The first-order valence-corrected chi connectivity index (χ1v) is 12.3. The minimum absolute atomic E-state index is 0.252. The number of rotatable bonds is 3. The van der Waals surface area contributed by atoms with Gasteiger partial charge < -0.3 is 10.4 Å². The summed E-state index contributed by atoms with van der Waals surface area (Å²) in [5.74, 6) is -0.529. The number of aryl methyl sites for hydroxylation is 1. The van der Waals surface area contributed by atoms with Gasteiger partial charge in [-0.3, -0.25) is 4.98 Å².